The molecule has 0 aliphatic heterocycles. The van der Waals surface area contributed by atoms with Crippen molar-refractivity contribution in [2.24, 2.45) is 0 Å². The first kappa shape index (κ1) is 13.6. The number of pyridine rings is 1. The van der Waals surface area contributed by atoms with Crippen molar-refractivity contribution in [3.05, 3.63) is 30.4 Å². The summed E-state index contributed by atoms with van der Waals surface area (Å²) in [6.07, 6.45) is 4.42. The number of nitrogens with zero attached hydrogens (tertiary/aromatic N) is 4. The molecule has 0 saturated heterocycles. The molecule has 0 aromatic carbocycles. The molecule has 2 aromatic rings. The number of hydrogen-bond acceptors (Lipinski definition) is 6. The monoisotopic (exact) mass is 262 g/mol. The van der Waals surface area contributed by atoms with E-state index in [-0.39, 0.29) is 6.61 Å². The van der Waals surface area contributed by atoms with Gasteiger partial charge in [-0.05, 0) is 25.1 Å². The molecule has 19 heavy (non-hydrogen) atoms. The zero-order chi connectivity index (χ0) is 13.5. The molecule has 6 heteroatoms. The van der Waals surface area contributed by atoms with E-state index in [1.54, 1.807) is 12.4 Å². The Balaban J connectivity index is 2.04. The van der Waals surface area contributed by atoms with E-state index in [0.717, 1.165) is 18.5 Å². The van der Waals surface area contributed by atoms with E-state index in [4.69, 9.17) is 9.63 Å². The van der Waals surface area contributed by atoms with Crippen molar-refractivity contribution in [1.82, 2.24) is 20.0 Å². The Morgan fingerprint density at radius 3 is 2.95 bits per heavy atom. The number of hydrogen-bond donors (Lipinski definition) is 1. The second kappa shape index (κ2) is 6.96. The average Bonchev–Trinajstić information content (AvgIpc) is 2.89. The molecule has 0 saturated carbocycles. The van der Waals surface area contributed by atoms with Gasteiger partial charge in [0.05, 0.1) is 13.2 Å². The Bertz CT molecular complexity index is 480. The molecule has 0 atom stereocenters. The number of aliphatic hydroxyl groups excluding tert-OH is 1. The lowest BCUT2D eigenvalue weighted by Crippen LogP contribution is -2.27. The van der Waals surface area contributed by atoms with Crippen molar-refractivity contribution in [2.75, 3.05) is 19.7 Å². The summed E-state index contributed by atoms with van der Waals surface area (Å²) in [6.45, 7) is 4.29. The van der Waals surface area contributed by atoms with Crippen molar-refractivity contribution in [1.29, 1.82) is 0 Å². The predicted octanol–water partition coefficient (Wildman–Crippen LogP) is 1.34. The molecule has 0 spiro atoms. The number of aromatic nitrogens is 3. The van der Waals surface area contributed by atoms with E-state index in [1.807, 2.05) is 12.1 Å². The van der Waals surface area contributed by atoms with Crippen molar-refractivity contribution in [3.63, 3.8) is 0 Å². The molecule has 0 fully saturated rings. The first-order valence-corrected chi connectivity index (χ1v) is 6.39. The van der Waals surface area contributed by atoms with E-state index in [1.165, 1.54) is 0 Å². The van der Waals surface area contributed by atoms with Crippen LogP contribution in [0.4, 0.5) is 0 Å². The fraction of sp³-hybridized carbons (Fsp3) is 0.462. The second-order valence-corrected chi connectivity index (χ2v) is 4.25. The molecule has 0 aliphatic carbocycles. The number of rotatable bonds is 7. The topological polar surface area (TPSA) is 75.3 Å². The van der Waals surface area contributed by atoms with Crippen LogP contribution in [0.25, 0.3) is 11.4 Å². The smallest absolute Gasteiger partial charge is 0.241 e. The summed E-state index contributed by atoms with van der Waals surface area (Å²) in [5, 5.41) is 13.0. The molecule has 102 valence electrons. The summed E-state index contributed by atoms with van der Waals surface area (Å²) >= 11 is 0. The van der Waals surface area contributed by atoms with Gasteiger partial charge in [-0.1, -0.05) is 12.1 Å². The third-order valence-electron chi connectivity index (χ3n) is 2.70. The lowest BCUT2D eigenvalue weighted by Gasteiger charge is -2.17. The SMILES string of the molecule is CCCN(CCO)Cc1nc(-c2cccnc2)no1. The summed E-state index contributed by atoms with van der Waals surface area (Å²) in [7, 11) is 0. The van der Waals surface area contributed by atoms with Crippen molar-refractivity contribution >= 4 is 0 Å². The molecule has 0 bridgehead atoms. The zero-order valence-corrected chi connectivity index (χ0v) is 11.0. The Morgan fingerprint density at radius 2 is 2.26 bits per heavy atom. The molecule has 0 amide bonds. The van der Waals surface area contributed by atoms with Gasteiger partial charge in [0.25, 0.3) is 0 Å². The van der Waals surface area contributed by atoms with Crippen molar-refractivity contribution in [3.8, 4) is 11.4 Å². The first-order valence-electron chi connectivity index (χ1n) is 6.39. The molecular formula is C13H18N4O2. The summed E-state index contributed by atoms with van der Waals surface area (Å²) in [5.41, 5.74) is 0.835. The van der Waals surface area contributed by atoms with Crippen LogP contribution < -0.4 is 0 Å². The fourth-order valence-electron chi connectivity index (χ4n) is 1.85. The minimum Gasteiger partial charge on any atom is -0.395 e. The third-order valence-corrected chi connectivity index (χ3v) is 2.70. The molecule has 0 unspecified atom stereocenters. The molecule has 2 heterocycles. The zero-order valence-electron chi connectivity index (χ0n) is 11.0. The van der Waals surface area contributed by atoms with Crippen molar-refractivity contribution < 1.29 is 9.63 Å². The normalized spacial score (nSPS) is 11.1. The van der Waals surface area contributed by atoms with Gasteiger partial charge in [0.15, 0.2) is 0 Å². The maximum Gasteiger partial charge on any atom is 0.241 e. The molecule has 6 nitrogen and oxygen atoms in total. The highest BCUT2D eigenvalue weighted by molar-refractivity contribution is 5.51. The maximum absolute atomic E-state index is 9.01. The standard InChI is InChI=1S/C13H18N4O2/c1-2-6-17(7-8-18)10-12-15-13(16-19-12)11-4-3-5-14-9-11/h3-5,9,18H,2,6-8,10H2,1H3. The third kappa shape index (κ3) is 3.84. The summed E-state index contributed by atoms with van der Waals surface area (Å²) in [6, 6.07) is 3.72. The summed E-state index contributed by atoms with van der Waals surface area (Å²) in [4.78, 5) is 10.5. The Kier molecular flexibility index (Phi) is 5.00. The van der Waals surface area contributed by atoms with Gasteiger partial charge in [0.2, 0.25) is 11.7 Å². The van der Waals surface area contributed by atoms with Crippen LogP contribution in [0, 0.1) is 0 Å². The first-order chi connectivity index (χ1) is 9.33. The predicted molar refractivity (Wildman–Crippen MR) is 70.2 cm³/mol. The Hall–Kier alpha value is -1.79. The van der Waals surface area contributed by atoms with Crippen LogP contribution in [0.2, 0.25) is 0 Å². The Morgan fingerprint density at radius 1 is 1.37 bits per heavy atom. The highest BCUT2D eigenvalue weighted by Gasteiger charge is 2.12. The van der Waals surface area contributed by atoms with E-state index < -0.39 is 0 Å². The van der Waals surface area contributed by atoms with Gasteiger partial charge in [-0.15, -0.1) is 0 Å². The van der Waals surface area contributed by atoms with E-state index in [2.05, 4.69) is 26.9 Å². The van der Waals surface area contributed by atoms with Gasteiger partial charge in [-0.3, -0.25) is 9.88 Å². The molecule has 1 N–H and O–H groups in total. The molecule has 0 aliphatic rings. The van der Waals surface area contributed by atoms with E-state index in [0.29, 0.717) is 24.8 Å². The molecule has 0 radical (unpaired) electrons. The quantitative estimate of drug-likeness (QED) is 0.811. The van der Waals surface area contributed by atoms with Gasteiger partial charge in [0.1, 0.15) is 0 Å². The highest BCUT2D eigenvalue weighted by atomic mass is 16.5. The molecular weight excluding hydrogens is 244 g/mol. The van der Waals surface area contributed by atoms with Gasteiger partial charge in [-0.2, -0.15) is 4.98 Å². The summed E-state index contributed by atoms with van der Waals surface area (Å²) in [5.74, 6) is 1.10. The maximum atomic E-state index is 9.01. The minimum absolute atomic E-state index is 0.129. The minimum atomic E-state index is 0.129. The van der Waals surface area contributed by atoms with Crippen LogP contribution in [0.15, 0.2) is 29.0 Å². The van der Waals surface area contributed by atoms with Crippen LogP contribution in [0.3, 0.4) is 0 Å². The summed E-state index contributed by atoms with van der Waals surface area (Å²) < 4.78 is 5.23. The molecule has 2 aromatic heterocycles. The fourth-order valence-corrected chi connectivity index (χ4v) is 1.85. The average molecular weight is 262 g/mol. The van der Waals surface area contributed by atoms with E-state index in [9.17, 15) is 0 Å². The van der Waals surface area contributed by atoms with Crippen LogP contribution in [-0.2, 0) is 6.54 Å². The lowest BCUT2D eigenvalue weighted by atomic mass is 10.3. The van der Waals surface area contributed by atoms with E-state index >= 15 is 0 Å². The largest absolute Gasteiger partial charge is 0.395 e. The Labute approximate surface area is 112 Å². The van der Waals surface area contributed by atoms with Crippen LogP contribution in [0.1, 0.15) is 19.2 Å². The lowest BCUT2D eigenvalue weighted by molar-refractivity contribution is 0.174. The molecule has 2 rings (SSSR count). The number of aliphatic hydroxyl groups is 1. The van der Waals surface area contributed by atoms with Crippen LogP contribution >= 0.6 is 0 Å². The van der Waals surface area contributed by atoms with Gasteiger partial charge < -0.3 is 9.63 Å². The van der Waals surface area contributed by atoms with Gasteiger partial charge >= 0.3 is 0 Å². The van der Waals surface area contributed by atoms with Crippen LogP contribution in [0.5, 0.6) is 0 Å². The van der Waals surface area contributed by atoms with Crippen molar-refractivity contribution in [2.45, 2.75) is 19.9 Å². The second-order valence-electron chi connectivity index (χ2n) is 4.25. The highest BCUT2D eigenvalue weighted by Crippen LogP contribution is 2.14. The van der Waals surface area contributed by atoms with Crippen LogP contribution in [-0.4, -0.2) is 44.8 Å². The van der Waals surface area contributed by atoms with Gasteiger partial charge in [-0.25, -0.2) is 0 Å². The van der Waals surface area contributed by atoms with Gasteiger partial charge in [0, 0.05) is 24.5 Å².